The molecule has 6 nitrogen and oxygen atoms in total. The second-order valence-electron chi connectivity index (χ2n) is 19.0. The molecule has 0 aromatic rings. The summed E-state index contributed by atoms with van der Waals surface area (Å²) in [7, 11) is 1.46. The van der Waals surface area contributed by atoms with Crippen LogP contribution >= 0.6 is 0 Å². The maximum absolute atomic E-state index is 11.4. The first-order valence-corrected chi connectivity index (χ1v) is 29.3. The molecule has 0 saturated heterocycles. The summed E-state index contributed by atoms with van der Waals surface area (Å²) in [5.74, 6) is -0.131. The van der Waals surface area contributed by atoms with Crippen molar-refractivity contribution in [2.75, 3.05) is 20.3 Å². The number of esters is 3. The molecule has 0 unspecified atom stereocenters. The van der Waals surface area contributed by atoms with Gasteiger partial charge in [0.15, 0.2) is 0 Å². The van der Waals surface area contributed by atoms with Gasteiger partial charge in [-0.05, 0) is 110 Å². The summed E-state index contributed by atoms with van der Waals surface area (Å²) in [5.41, 5.74) is 0. The van der Waals surface area contributed by atoms with Crippen molar-refractivity contribution in [3.63, 3.8) is 0 Å². The van der Waals surface area contributed by atoms with Crippen molar-refractivity contribution < 1.29 is 28.6 Å². The van der Waals surface area contributed by atoms with E-state index in [1.165, 1.54) is 219 Å². The van der Waals surface area contributed by atoms with Crippen LogP contribution in [0.5, 0.6) is 0 Å². The third-order valence-electron chi connectivity index (χ3n) is 12.2. The van der Waals surface area contributed by atoms with Crippen molar-refractivity contribution in [1.29, 1.82) is 0 Å². The molecule has 0 heterocycles. The molecule has 0 spiro atoms. The molecule has 6 heteroatoms. The Balaban J connectivity index is -0.000000919. The van der Waals surface area contributed by atoms with Crippen molar-refractivity contribution >= 4 is 17.9 Å². The van der Waals surface area contributed by atoms with Gasteiger partial charge in [0.1, 0.15) is 0 Å². The van der Waals surface area contributed by atoms with Crippen molar-refractivity contribution in [3.05, 3.63) is 36.5 Å². The highest BCUT2D eigenvalue weighted by atomic mass is 16.5. The summed E-state index contributed by atoms with van der Waals surface area (Å²) in [6, 6.07) is 0. The number of ether oxygens (including phenoxy) is 3. The van der Waals surface area contributed by atoms with Gasteiger partial charge in [-0.3, -0.25) is 14.4 Å². The third kappa shape index (κ3) is 70.3. The van der Waals surface area contributed by atoms with Gasteiger partial charge < -0.3 is 14.2 Å². The van der Waals surface area contributed by atoms with Gasteiger partial charge in [0.25, 0.3) is 0 Å². The minimum absolute atomic E-state index is 0.0129. The molecule has 0 aromatic carbocycles. The molecule has 0 atom stereocenters. The molecule has 0 fully saturated rings. The van der Waals surface area contributed by atoms with Crippen molar-refractivity contribution in [3.8, 4) is 0 Å². The Labute approximate surface area is 418 Å². The van der Waals surface area contributed by atoms with Gasteiger partial charge >= 0.3 is 17.9 Å². The van der Waals surface area contributed by atoms with E-state index in [9.17, 15) is 14.4 Å². The van der Waals surface area contributed by atoms with E-state index in [1.54, 1.807) is 0 Å². The fraction of sp³-hybridized carbons (Fsp3) is 0.852. The molecule has 0 rings (SSSR count). The smallest absolute Gasteiger partial charge is 0.305 e. The molecular formula is C61H116O6. The standard InChI is InChI=1S/C22H42O2.C20H38O2.C19H36O2/c1-3-5-7-8-9-10-11-12-13-14-15-16-17-18-19-20-22(23)24-21-6-4-2;1-3-5-6-7-8-9-10-11-12-13-14-15-16-17-18-19-20(21)22-4-2;1-3-4-5-6-7-8-9-10-11-12-13-14-15-16-17-18-19(20)21-2/h12-13H,3-11,14-21H2,1-2H3;11-12H,3-10,13-19H2,1-2H3;10-11H,3-9,12-18H2,1-2H3/b13-12-;12-11-;11-10-. The van der Waals surface area contributed by atoms with E-state index in [-0.39, 0.29) is 17.9 Å². The predicted octanol–water partition coefficient (Wildman–Crippen LogP) is 20.2. The van der Waals surface area contributed by atoms with Crippen LogP contribution in [0.2, 0.25) is 0 Å². The van der Waals surface area contributed by atoms with Crippen LogP contribution in [0.25, 0.3) is 0 Å². The fourth-order valence-electron chi connectivity index (χ4n) is 7.76. The van der Waals surface area contributed by atoms with Crippen molar-refractivity contribution in [2.45, 2.75) is 317 Å². The second kappa shape index (κ2) is 65.7. The SMILES string of the molecule is CCCCCCCC/C=C\CCCCCCCC(=O)OC.CCCCCCCC/C=C\CCCCCCCC(=O)OCC.CCCCCCCC/C=C\CCCCCCCC(=O)OCCCC. The molecule has 0 aliphatic heterocycles. The summed E-state index contributed by atoms with van der Waals surface area (Å²) in [4.78, 5) is 33.5. The Morgan fingerprint density at radius 1 is 0.284 bits per heavy atom. The van der Waals surface area contributed by atoms with Gasteiger partial charge in [-0.1, -0.05) is 225 Å². The monoisotopic (exact) mass is 945 g/mol. The number of carbonyl (C=O) groups excluding carboxylic acids is 3. The molecule has 0 amide bonds. The average Bonchev–Trinajstić information content (AvgIpc) is 3.33. The molecule has 0 aliphatic carbocycles. The molecular weight excluding hydrogens is 829 g/mol. The van der Waals surface area contributed by atoms with Gasteiger partial charge in [-0.2, -0.15) is 0 Å². The first-order chi connectivity index (χ1) is 32.9. The zero-order valence-electron chi connectivity index (χ0n) is 45.9. The highest BCUT2D eigenvalue weighted by molar-refractivity contribution is 5.69. The van der Waals surface area contributed by atoms with E-state index < -0.39 is 0 Å². The Morgan fingerprint density at radius 3 is 0.791 bits per heavy atom. The van der Waals surface area contributed by atoms with E-state index in [0.717, 1.165) is 51.4 Å². The average molecular weight is 946 g/mol. The third-order valence-corrected chi connectivity index (χ3v) is 12.2. The van der Waals surface area contributed by atoms with Crippen LogP contribution in [-0.2, 0) is 28.6 Å². The van der Waals surface area contributed by atoms with E-state index in [1.807, 2.05) is 6.92 Å². The van der Waals surface area contributed by atoms with E-state index >= 15 is 0 Å². The quantitative estimate of drug-likeness (QED) is 0.0262. The molecule has 0 aromatic heterocycles. The van der Waals surface area contributed by atoms with Crippen LogP contribution in [0.4, 0.5) is 0 Å². The van der Waals surface area contributed by atoms with E-state index in [4.69, 9.17) is 9.47 Å². The Morgan fingerprint density at radius 2 is 0.522 bits per heavy atom. The van der Waals surface area contributed by atoms with Gasteiger partial charge in [0.2, 0.25) is 0 Å². The van der Waals surface area contributed by atoms with Crippen LogP contribution in [0.1, 0.15) is 317 Å². The maximum atomic E-state index is 11.4. The Bertz CT molecular complexity index is 1050. The van der Waals surface area contributed by atoms with Crippen LogP contribution in [0.15, 0.2) is 36.5 Å². The number of carbonyl (C=O) groups is 3. The van der Waals surface area contributed by atoms with Crippen molar-refractivity contribution in [2.24, 2.45) is 0 Å². The van der Waals surface area contributed by atoms with Crippen LogP contribution in [-0.4, -0.2) is 38.2 Å². The lowest BCUT2D eigenvalue weighted by molar-refractivity contribution is -0.144. The number of allylic oxidation sites excluding steroid dienone is 6. The first-order valence-electron chi connectivity index (χ1n) is 29.3. The van der Waals surface area contributed by atoms with E-state index in [2.05, 4.69) is 68.9 Å². The zero-order chi connectivity index (χ0) is 49.6. The lowest BCUT2D eigenvalue weighted by Crippen LogP contribution is -2.05. The van der Waals surface area contributed by atoms with Crippen LogP contribution < -0.4 is 0 Å². The topological polar surface area (TPSA) is 78.9 Å². The molecule has 0 aliphatic rings. The fourth-order valence-corrected chi connectivity index (χ4v) is 7.76. The molecule has 0 saturated carbocycles. The summed E-state index contributed by atoms with van der Waals surface area (Å²) in [5, 5.41) is 0. The minimum Gasteiger partial charge on any atom is -0.469 e. The maximum Gasteiger partial charge on any atom is 0.305 e. The number of unbranched alkanes of at least 4 members (excludes halogenated alkanes) is 34. The van der Waals surface area contributed by atoms with Crippen LogP contribution in [0.3, 0.4) is 0 Å². The second-order valence-corrected chi connectivity index (χ2v) is 19.0. The Hall–Kier alpha value is -2.37. The highest BCUT2D eigenvalue weighted by Crippen LogP contribution is 2.13. The largest absolute Gasteiger partial charge is 0.469 e. The van der Waals surface area contributed by atoms with Gasteiger partial charge in [-0.15, -0.1) is 0 Å². The zero-order valence-corrected chi connectivity index (χ0v) is 45.9. The number of methoxy groups -OCH3 is 1. The minimum atomic E-state index is -0.0763. The molecule has 396 valence electrons. The van der Waals surface area contributed by atoms with E-state index in [0.29, 0.717) is 32.5 Å². The van der Waals surface area contributed by atoms with Gasteiger partial charge in [0.05, 0.1) is 20.3 Å². The first kappa shape index (κ1) is 68.9. The number of rotatable bonds is 49. The molecule has 67 heavy (non-hydrogen) atoms. The van der Waals surface area contributed by atoms with Gasteiger partial charge in [-0.25, -0.2) is 0 Å². The predicted molar refractivity (Wildman–Crippen MR) is 293 cm³/mol. The van der Waals surface area contributed by atoms with Crippen LogP contribution in [0, 0.1) is 0 Å². The molecule has 0 radical (unpaired) electrons. The Kier molecular flexibility index (Phi) is 67.6. The summed E-state index contributed by atoms with van der Waals surface area (Å²) < 4.78 is 14.7. The summed E-state index contributed by atoms with van der Waals surface area (Å²) in [6.45, 7) is 11.9. The molecule has 0 bridgehead atoms. The molecule has 0 N–H and O–H groups in total. The lowest BCUT2D eigenvalue weighted by Gasteiger charge is -2.03. The number of hydrogen-bond donors (Lipinski definition) is 0. The number of hydrogen-bond acceptors (Lipinski definition) is 6. The van der Waals surface area contributed by atoms with Gasteiger partial charge in [0, 0.05) is 19.3 Å². The highest BCUT2D eigenvalue weighted by Gasteiger charge is 2.03. The lowest BCUT2D eigenvalue weighted by atomic mass is 10.1. The summed E-state index contributed by atoms with van der Waals surface area (Å²) >= 11 is 0. The summed E-state index contributed by atoms with van der Waals surface area (Å²) in [6.07, 6.45) is 68.1. The van der Waals surface area contributed by atoms with Crippen molar-refractivity contribution in [1.82, 2.24) is 0 Å². The normalized spacial score (nSPS) is 11.2.